The number of fused-ring (bicyclic) bond motifs is 2. The van der Waals surface area contributed by atoms with Crippen LogP contribution in [-0.4, -0.2) is 39.7 Å². The molecule has 1 amide bonds. The van der Waals surface area contributed by atoms with E-state index in [1.807, 2.05) is 10.9 Å². The molecule has 0 spiro atoms. The molecule has 7 heteroatoms. The van der Waals surface area contributed by atoms with Crippen LogP contribution in [0.3, 0.4) is 0 Å². The van der Waals surface area contributed by atoms with Crippen molar-refractivity contribution in [2.24, 2.45) is 23.5 Å². The summed E-state index contributed by atoms with van der Waals surface area (Å²) in [5, 5.41) is 4.38. The number of aryl methyl sites for hydroxylation is 1. The molecule has 4 unspecified atom stereocenters. The van der Waals surface area contributed by atoms with Gasteiger partial charge in [0.2, 0.25) is 5.91 Å². The highest BCUT2D eigenvalue weighted by atomic mass is 35.5. The minimum absolute atomic E-state index is 0. The van der Waals surface area contributed by atoms with E-state index in [9.17, 15) is 4.79 Å². The Morgan fingerprint density at radius 2 is 1.88 bits per heavy atom. The first-order valence-corrected chi connectivity index (χ1v) is 9.24. The van der Waals surface area contributed by atoms with Gasteiger partial charge in [-0.1, -0.05) is 0 Å². The number of carbonyl (C=O) groups is 1. The van der Waals surface area contributed by atoms with Gasteiger partial charge in [0.25, 0.3) is 0 Å². The van der Waals surface area contributed by atoms with Crippen molar-refractivity contribution >= 4 is 30.7 Å². The molecule has 4 atom stereocenters. The largest absolute Gasteiger partial charge is 0.342 e. The molecule has 142 valence electrons. The molecule has 2 N–H and O–H groups in total. The quantitative estimate of drug-likeness (QED) is 0.865. The standard InChI is InChI=1S/C18H28N4O.2ClH/c1-2-22-11-15(10-20-22)12-5-7-21(8-6-12)18(23)16-13-3-4-14(9-13)17(16)19;;/h10-14,16-17H,2-9,19H2,1H3;2*1H. The summed E-state index contributed by atoms with van der Waals surface area (Å²) < 4.78 is 1.99. The predicted octanol–water partition coefficient (Wildman–Crippen LogP) is 2.83. The maximum Gasteiger partial charge on any atom is 0.227 e. The van der Waals surface area contributed by atoms with E-state index in [1.165, 1.54) is 24.8 Å². The molecule has 2 aliphatic carbocycles. The van der Waals surface area contributed by atoms with Crippen LogP contribution in [-0.2, 0) is 11.3 Å². The van der Waals surface area contributed by atoms with Crippen molar-refractivity contribution < 1.29 is 4.79 Å². The van der Waals surface area contributed by atoms with Gasteiger partial charge in [0.15, 0.2) is 0 Å². The first-order chi connectivity index (χ1) is 11.2. The van der Waals surface area contributed by atoms with Gasteiger partial charge in [-0.25, -0.2) is 0 Å². The van der Waals surface area contributed by atoms with E-state index in [0.717, 1.165) is 32.5 Å². The normalized spacial score (nSPS) is 31.5. The van der Waals surface area contributed by atoms with Crippen molar-refractivity contribution in [3.05, 3.63) is 18.0 Å². The number of hydrogen-bond acceptors (Lipinski definition) is 3. The molecule has 1 aromatic heterocycles. The summed E-state index contributed by atoms with van der Waals surface area (Å²) in [5.41, 5.74) is 7.68. The molecular weight excluding hydrogens is 359 g/mol. The Balaban J connectivity index is 0.00000113. The van der Waals surface area contributed by atoms with E-state index in [4.69, 9.17) is 5.73 Å². The lowest BCUT2D eigenvalue weighted by Crippen LogP contribution is -2.49. The predicted molar refractivity (Wildman–Crippen MR) is 103 cm³/mol. The third kappa shape index (κ3) is 3.69. The fourth-order valence-corrected chi connectivity index (χ4v) is 5.11. The number of carbonyl (C=O) groups excluding carboxylic acids is 1. The van der Waals surface area contributed by atoms with Crippen LogP contribution in [0.5, 0.6) is 0 Å². The number of hydrogen-bond donors (Lipinski definition) is 1. The van der Waals surface area contributed by atoms with E-state index in [1.54, 1.807) is 0 Å². The van der Waals surface area contributed by atoms with Gasteiger partial charge >= 0.3 is 0 Å². The fraction of sp³-hybridized carbons (Fsp3) is 0.778. The number of halogens is 2. The van der Waals surface area contributed by atoms with Gasteiger partial charge in [0.1, 0.15) is 0 Å². The van der Waals surface area contributed by atoms with Crippen molar-refractivity contribution in [1.82, 2.24) is 14.7 Å². The van der Waals surface area contributed by atoms with Crippen LogP contribution in [0.2, 0.25) is 0 Å². The second kappa shape index (κ2) is 8.28. The summed E-state index contributed by atoms with van der Waals surface area (Å²) >= 11 is 0. The smallest absolute Gasteiger partial charge is 0.227 e. The minimum Gasteiger partial charge on any atom is -0.342 e. The van der Waals surface area contributed by atoms with Gasteiger partial charge in [-0.2, -0.15) is 5.10 Å². The number of nitrogens with two attached hydrogens (primary N) is 1. The SMILES string of the molecule is CCn1cc(C2CCN(C(=O)C3C4CCC(C4)C3N)CC2)cn1.Cl.Cl. The molecule has 0 aromatic carbocycles. The van der Waals surface area contributed by atoms with Crippen LogP contribution in [0.1, 0.15) is 50.5 Å². The molecule has 1 aliphatic heterocycles. The number of aromatic nitrogens is 2. The molecule has 2 heterocycles. The second-order valence-corrected chi connectivity index (χ2v) is 7.67. The van der Waals surface area contributed by atoms with Crippen LogP contribution in [0.15, 0.2) is 12.4 Å². The highest BCUT2D eigenvalue weighted by Gasteiger charge is 2.50. The number of rotatable bonds is 3. The molecule has 0 radical (unpaired) electrons. The van der Waals surface area contributed by atoms with Crippen molar-refractivity contribution in [2.75, 3.05) is 13.1 Å². The van der Waals surface area contributed by atoms with Crippen molar-refractivity contribution in [2.45, 2.75) is 57.5 Å². The minimum atomic E-state index is 0. The first-order valence-electron chi connectivity index (χ1n) is 9.24. The summed E-state index contributed by atoms with van der Waals surface area (Å²) in [6.07, 6.45) is 9.89. The summed E-state index contributed by atoms with van der Waals surface area (Å²) in [6, 6.07) is 0.113. The Morgan fingerprint density at radius 1 is 1.20 bits per heavy atom. The monoisotopic (exact) mass is 388 g/mol. The first kappa shape index (κ1) is 20.5. The van der Waals surface area contributed by atoms with Gasteiger partial charge in [0, 0.05) is 31.9 Å². The van der Waals surface area contributed by atoms with Crippen LogP contribution in [0, 0.1) is 17.8 Å². The average Bonchev–Trinajstić information content (AvgIpc) is 3.30. The van der Waals surface area contributed by atoms with E-state index in [0.29, 0.717) is 23.7 Å². The molecule has 1 saturated heterocycles. The molecule has 3 aliphatic rings. The zero-order valence-electron chi connectivity index (χ0n) is 14.8. The number of likely N-dealkylation sites (tertiary alicyclic amines) is 1. The Bertz CT molecular complexity index is 583. The molecule has 4 rings (SSSR count). The van der Waals surface area contributed by atoms with E-state index in [-0.39, 0.29) is 36.8 Å². The molecule has 3 fully saturated rings. The molecule has 5 nitrogen and oxygen atoms in total. The second-order valence-electron chi connectivity index (χ2n) is 7.67. The Hall–Kier alpha value is -0.780. The van der Waals surface area contributed by atoms with Crippen molar-refractivity contribution in [3.8, 4) is 0 Å². The van der Waals surface area contributed by atoms with E-state index < -0.39 is 0 Å². The van der Waals surface area contributed by atoms with E-state index >= 15 is 0 Å². The fourth-order valence-electron chi connectivity index (χ4n) is 5.11. The van der Waals surface area contributed by atoms with Gasteiger partial charge in [-0.15, -0.1) is 24.8 Å². The summed E-state index contributed by atoms with van der Waals surface area (Å²) in [6.45, 7) is 4.78. The Labute approximate surface area is 162 Å². The van der Waals surface area contributed by atoms with Gasteiger partial charge in [-0.3, -0.25) is 9.48 Å². The van der Waals surface area contributed by atoms with Gasteiger partial charge in [-0.05, 0) is 62.3 Å². The number of piperidine rings is 1. The third-order valence-corrected chi connectivity index (χ3v) is 6.52. The van der Waals surface area contributed by atoms with Crippen LogP contribution in [0.4, 0.5) is 0 Å². The maximum atomic E-state index is 12.9. The lowest BCUT2D eigenvalue weighted by molar-refractivity contribution is -0.138. The summed E-state index contributed by atoms with van der Waals surface area (Å²) in [5.74, 6) is 2.16. The molecular formula is C18H30Cl2N4O. The number of amides is 1. The van der Waals surface area contributed by atoms with Crippen molar-refractivity contribution in [1.29, 1.82) is 0 Å². The molecule has 1 aromatic rings. The molecule has 25 heavy (non-hydrogen) atoms. The highest BCUT2D eigenvalue weighted by Crippen LogP contribution is 2.48. The summed E-state index contributed by atoms with van der Waals surface area (Å²) in [7, 11) is 0. The lowest BCUT2D eigenvalue weighted by atomic mass is 9.83. The Kier molecular flexibility index (Phi) is 6.80. The molecule has 2 bridgehead atoms. The zero-order valence-corrected chi connectivity index (χ0v) is 16.5. The van der Waals surface area contributed by atoms with Gasteiger partial charge < -0.3 is 10.6 Å². The van der Waals surface area contributed by atoms with Crippen LogP contribution >= 0.6 is 24.8 Å². The zero-order chi connectivity index (χ0) is 16.0. The maximum absolute atomic E-state index is 12.9. The summed E-state index contributed by atoms with van der Waals surface area (Å²) in [4.78, 5) is 15.0. The topological polar surface area (TPSA) is 64.2 Å². The lowest BCUT2D eigenvalue weighted by Gasteiger charge is -2.36. The molecule has 2 saturated carbocycles. The highest BCUT2D eigenvalue weighted by molar-refractivity contribution is 5.85. The van der Waals surface area contributed by atoms with Crippen LogP contribution < -0.4 is 5.73 Å². The number of nitrogens with zero attached hydrogens (tertiary/aromatic N) is 3. The third-order valence-electron chi connectivity index (χ3n) is 6.52. The Morgan fingerprint density at radius 3 is 2.44 bits per heavy atom. The van der Waals surface area contributed by atoms with Gasteiger partial charge in [0.05, 0.1) is 12.1 Å². The van der Waals surface area contributed by atoms with E-state index in [2.05, 4.69) is 23.1 Å². The average molecular weight is 389 g/mol. The van der Waals surface area contributed by atoms with Crippen molar-refractivity contribution in [3.63, 3.8) is 0 Å². The van der Waals surface area contributed by atoms with Crippen LogP contribution in [0.25, 0.3) is 0 Å².